The van der Waals surface area contributed by atoms with E-state index in [0.29, 0.717) is 11.4 Å². The number of fused-ring (bicyclic) bond motifs is 3. The highest BCUT2D eigenvalue weighted by Gasteiger charge is 2.18. The number of aromatic amines is 1. The molecule has 0 bridgehead atoms. The molecule has 6 heteroatoms. The fraction of sp³-hybridized carbons (Fsp3) is 0.143. The van der Waals surface area contributed by atoms with Gasteiger partial charge in [0.05, 0.1) is 23.2 Å². The molecule has 0 amide bonds. The van der Waals surface area contributed by atoms with Crippen molar-refractivity contribution in [3.05, 3.63) is 65.7 Å². The molecule has 0 fully saturated rings. The van der Waals surface area contributed by atoms with Gasteiger partial charge in [-0.25, -0.2) is 8.42 Å². The van der Waals surface area contributed by atoms with E-state index < -0.39 is 10.0 Å². The Morgan fingerprint density at radius 1 is 0.889 bits per heavy atom. The fourth-order valence-electron chi connectivity index (χ4n) is 3.38. The van der Waals surface area contributed by atoms with Crippen molar-refractivity contribution in [1.82, 2.24) is 4.98 Å². The minimum Gasteiger partial charge on any atom is -0.497 e. The van der Waals surface area contributed by atoms with Crippen molar-refractivity contribution in [2.45, 2.75) is 18.7 Å². The van der Waals surface area contributed by atoms with Crippen LogP contribution in [0.2, 0.25) is 0 Å². The molecule has 138 valence electrons. The first-order chi connectivity index (χ1) is 12.9. The van der Waals surface area contributed by atoms with Gasteiger partial charge >= 0.3 is 0 Å². The second-order valence-corrected chi connectivity index (χ2v) is 8.27. The second-order valence-electron chi connectivity index (χ2n) is 6.58. The molecule has 0 aliphatic heterocycles. The Morgan fingerprint density at radius 2 is 1.59 bits per heavy atom. The molecule has 0 spiro atoms. The predicted octanol–water partition coefficient (Wildman–Crippen LogP) is 4.75. The third-order valence-electron chi connectivity index (χ3n) is 4.82. The van der Waals surface area contributed by atoms with Crippen LogP contribution < -0.4 is 9.46 Å². The first kappa shape index (κ1) is 17.4. The van der Waals surface area contributed by atoms with Crippen LogP contribution in [0.15, 0.2) is 59.5 Å². The maximum Gasteiger partial charge on any atom is 0.261 e. The van der Waals surface area contributed by atoms with Gasteiger partial charge in [0.2, 0.25) is 0 Å². The van der Waals surface area contributed by atoms with Crippen molar-refractivity contribution < 1.29 is 13.2 Å². The Hall–Kier alpha value is -2.99. The minimum atomic E-state index is -3.71. The molecular weight excluding hydrogens is 360 g/mol. The molecule has 0 aliphatic rings. The van der Waals surface area contributed by atoms with Gasteiger partial charge in [-0.15, -0.1) is 0 Å². The van der Waals surface area contributed by atoms with Crippen molar-refractivity contribution in [3.8, 4) is 5.75 Å². The largest absolute Gasteiger partial charge is 0.497 e. The molecule has 0 saturated carbocycles. The van der Waals surface area contributed by atoms with Crippen molar-refractivity contribution >= 4 is 37.5 Å². The first-order valence-corrected chi connectivity index (χ1v) is 10.1. The number of hydrogen-bond donors (Lipinski definition) is 2. The molecule has 1 heterocycles. The van der Waals surface area contributed by atoms with Crippen LogP contribution in [-0.4, -0.2) is 20.5 Å². The molecule has 0 saturated heterocycles. The van der Waals surface area contributed by atoms with E-state index in [2.05, 4.69) is 28.8 Å². The number of rotatable bonds is 4. The molecule has 27 heavy (non-hydrogen) atoms. The normalized spacial score (nSPS) is 11.8. The zero-order valence-electron chi connectivity index (χ0n) is 15.3. The molecular formula is C21H20N2O3S. The number of ether oxygens (including phenoxy) is 1. The maximum atomic E-state index is 12.8. The van der Waals surface area contributed by atoms with Crippen LogP contribution in [0, 0.1) is 13.8 Å². The monoisotopic (exact) mass is 380 g/mol. The summed E-state index contributed by atoms with van der Waals surface area (Å²) in [6, 6.07) is 16.1. The van der Waals surface area contributed by atoms with Gasteiger partial charge in [-0.3, -0.25) is 4.72 Å². The van der Waals surface area contributed by atoms with Crippen molar-refractivity contribution in [2.24, 2.45) is 0 Å². The van der Waals surface area contributed by atoms with E-state index in [1.165, 1.54) is 12.1 Å². The van der Waals surface area contributed by atoms with Gasteiger partial charge in [-0.1, -0.05) is 24.3 Å². The lowest BCUT2D eigenvalue weighted by molar-refractivity contribution is 0.414. The molecule has 4 aromatic rings. The lowest BCUT2D eigenvalue weighted by atomic mass is 10.0. The maximum absolute atomic E-state index is 12.8. The highest BCUT2D eigenvalue weighted by molar-refractivity contribution is 7.92. The summed E-state index contributed by atoms with van der Waals surface area (Å²) >= 11 is 0. The molecule has 1 aromatic heterocycles. The van der Waals surface area contributed by atoms with E-state index in [9.17, 15) is 8.42 Å². The van der Waals surface area contributed by atoms with Gasteiger partial charge in [-0.05, 0) is 55.3 Å². The van der Waals surface area contributed by atoms with E-state index in [4.69, 9.17) is 4.74 Å². The van der Waals surface area contributed by atoms with Crippen molar-refractivity contribution in [1.29, 1.82) is 0 Å². The summed E-state index contributed by atoms with van der Waals surface area (Å²) < 4.78 is 33.5. The zero-order valence-corrected chi connectivity index (χ0v) is 16.1. The quantitative estimate of drug-likeness (QED) is 0.537. The highest BCUT2D eigenvalue weighted by atomic mass is 32.2. The van der Waals surface area contributed by atoms with Crippen LogP contribution >= 0.6 is 0 Å². The van der Waals surface area contributed by atoms with Crippen LogP contribution in [-0.2, 0) is 10.0 Å². The number of aryl methyl sites for hydroxylation is 2. The molecule has 0 aliphatic carbocycles. The Morgan fingerprint density at radius 3 is 2.30 bits per heavy atom. The van der Waals surface area contributed by atoms with Crippen LogP contribution in [0.4, 0.5) is 5.69 Å². The van der Waals surface area contributed by atoms with Gasteiger partial charge in [0.15, 0.2) is 0 Å². The smallest absolute Gasteiger partial charge is 0.261 e. The molecule has 0 radical (unpaired) electrons. The van der Waals surface area contributed by atoms with Crippen LogP contribution in [0.25, 0.3) is 21.8 Å². The number of benzene rings is 3. The third-order valence-corrected chi connectivity index (χ3v) is 6.20. The molecule has 4 rings (SSSR count). The molecule has 2 N–H and O–H groups in total. The summed E-state index contributed by atoms with van der Waals surface area (Å²) in [5, 5.41) is 2.12. The third kappa shape index (κ3) is 2.92. The number of aromatic nitrogens is 1. The lowest BCUT2D eigenvalue weighted by Gasteiger charge is -2.10. The van der Waals surface area contributed by atoms with Gasteiger partial charge in [-0.2, -0.15) is 0 Å². The fourth-order valence-corrected chi connectivity index (χ4v) is 4.45. The average Bonchev–Trinajstić information content (AvgIpc) is 3.07. The minimum absolute atomic E-state index is 0.184. The van der Waals surface area contributed by atoms with Gasteiger partial charge in [0.25, 0.3) is 10.0 Å². The first-order valence-electron chi connectivity index (χ1n) is 8.58. The number of nitrogens with one attached hydrogen (secondary N) is 2. The second kappa shape index (κ2) is 6.32. The number of H-pyrrole nitrogens is 1. The molecule has 5 nitrogen and oxygen atoms in total. The standard InChI is InChI=1S/C21H20N2O3S/c1-13-7-8-14(2)20-19(13)17-5-4-6-18(21(17)22-20)23-27(24,25)16-11-9-15(26-3)10-12-16/h4-12,22-23H,1-3H3. The number of methoxy groups -OCH3 is 1. The molecule has 3 aromatic carbocycles. The van der Waals surface area contributed by atoms with E-state index in [1.807, 2.05) is 19.1 Å². The summed E-state index contributed by atoms with van der Waals surface area (Å²) in [5.74, 6) is 0.609. The van der Waals surface area contributed by atoms with E-state index >= 15 is 0 Å². The predicted molar refractivity (Wildman–Crippen MR) is 109 cm³/mol. The Balaban J connectivity index is 1.84. The number of anilines is 1. The van der Waals surface area contributed by atoms with Crippen molar-refractivity contribution in [3.63, 3.8) is 0 Å². The van der Waals surface area contributed by atoms with Gasteiger partial charge in [0, 0.05) is 16.3 Å². The number of para-hydroxylation sites is 1. The number of hydrogen-bond acceptors (Lipinski definition) is 3. The summed E-state index contributed by atoms with van der Waals surface area (Å²) in [6.45, 7) is 4.10. The Kier molecular flexibility index (Phi) is 4.08. The van der Waals surface area contributed by atoms with Crippen molar-refractivity contribution in [2.75, 3.05) is 11.8 Å². The van der Waals surface area contributed by atoms with Gasteiger partial charge < -0.3 is 9.72 Å². The molecule has 0 atom stereocenters. The van der Waals surface area contributed by atoms with Crippen LogP contribution in [0.1, 0.15) is 11.1 Å². The highest BCUT2D eigenvalue weighted by Crippen LogP contribution is 2.34. The van der Waals surface area contributed by atoms with Crippen LogP contribution in [0.3, 0.4) is 0 Å². The SMILES string of the molecule is COc1ccc(S(=O)(=O)Nc2cccc3c2[nH]c2c(C)ccc(C)c23)cc1. The van der Waals surface area contributed by atoms with E-state index in [1.54, 1.807) is 25.3 Å². The Labute approximate surface area is 158 Å². The number of sulfonamides is 1. The Bertz CT molecular complexity index is 1260. The topological polar surface area (TPSA) is 71.2 Å². The van der Waals surface area contributed by atoms with E-state index in [0.717, 1.165) is 32.9 Å². The molecule has 0 unspecified atom stereocenters. The summed E-state index contributed by atoms with van der Waals surface area (Å²) in [6.07, 6.45) is 0. The van der Waals surface area contributed by atoms with Crippen LogP contribution in [0.5, 0.6) is 5.75 Å². The summed E-state index contributed by atoms with van der Waals surface area (Å²) in [5.41, 5.74) is 4.61. The summed E-state index contributed by atoms with van der Waals surface area (Å²) in [4.78, 5) is 3.59. The van der Waals surface area contributed by atoms with E-state index in [-0.39, 0.29) is 4.90 Å². The van der Waals surface area contributed by atoms with Gasteiger partial charge in [0.1, 0.15) is 5.75 Å². The average molecular weight is 380 g/mol. The lowest BCUT2D eigenvalue weighted by Crippen LogP contribution is -2.13. The zero-order chi connectivity index (χ0) is 19.2. The summed E-state index contributed by atoms with van der Waals surface area (Å²) in [7, 11) is -2.17.